The summed E-state index contributed by atoms with van der Waals surface area (Å²) >= 11 is 1.63. The molecule has 7 nitrogen and oxygen atoms in total. The summed E-state index contributed by atoms with van der Waals surface area (Å²) in [7, 11) is 0. The second-order valence-electron chi connectivity index (χ2n) is 9.56. The van der Waals surface area contributed by atoms with Gasteiger partial charge in [0.2, 0.25) is 0 Å². The van der Waals surface area contributed by atoms with Crippen LogP contribution in [0.1, 0.15) is 23.4 Å². The molecule has 1 fully saturated rings. The number of H-pyrrole nitrogens is 1. The second kappa shape index (κ2) is 11.8. The van der Waals surface area contributed by atoms with E-state index in [1.807, 2.05) is 61.0 Å². The summed E-state index contributed by atoms with van der Waals surface area (Å²) in [6.45, 7) is 5.09. The molecular formula is C29H32FN5O2S. The van der Waals surface area contributed by atoms with Crippen molar-refractivity contribution in [1.82, 2.24) is 20.5 Å². The Bertz CT molecular complexity index is 1380. The number of piperazine rings is 1. The topological polar surface area (TPSA) is 80.5 Å². The van der Waals surface area contributed by atoms with Crippen molar-refractivity contribution in [2.45, 2.75) is 25.4 Å². The van der Waals surface area contributed by atoms with Gasteiger partial charge in [-0.15, -0.1) is 11.3 Å². The van der Waals surface area contributed by atoms with Gasteiger partial charge in [0, 0.05) is 60.7 Å². The van der Waals surface area contributed by atoms with E-state index in [-0.39, 0.29) is 17.9 Å². The maximum atomic E-state index is 14.3. The summed E-state index contributed by atoms with van der Waals surface area (Å²) in [6, 6.07) is 18.5. The Morgan fingerprint density at radius 2 is 1.76 bits per heavy atom. The molecule has 1 saturated heterocycles. The number of hydrogen-bond acceptors (Lipinski definition) is 5. The standard InChI is InChI=1S/C29H32FN5O2S/c1-20(33-29(37)28(36)31-13-12-21-19-32-24-9-4-2-7-22(21)24)27(26-11-6-18-38-26)35-16-14-34(15-17-35)25-10-5-3-8-23(25)30/h2-11,18-20,27,32H,12-17H2,1H3,(H,31,36)(H,33,37). The van der Waals surface area contributed by atoms with Crippen molar-refractivity contribution in [3.63, 3.8) is 0 Å². The SMILES string of the molecule is CC(NC(=O)C(=O)NCCc1c[nH]c2ccccc12)C(c1cccs1)N1CCN(c2ccccc2F)CC1. The Kier molecular flexibility index (Phi) is 8.05. The summed E-state index contributed by atoms with van der Waals surface area (Å²) < 4.78 is 14.3. The van der Waals surface area contributed by atoms with E-state index in [2.05, 4.69) is 31.5 Å². The quantitative estimate of drug-likeness (QED) is 0.298. The summed E-state index contributed by atoms with van der Waals surface area (Å²) in [5.74, 6) is -1.49. The molecule has 0 aliphatic carbocycles. The number of rotatable bonds is 8. The number of benzene rings is 2. The lowest BCUT2D eigenvalue weighted by Gasteiger charge is -2.42. The first-order chi connectivity index (χ1) is 18.5. The molecule has 38 heavy (non-hydrogen) atoms. The molecule has 5 rings (SSSR count). The van der Waals surface area contributed by atoms with Crippen molar-refractivity contribution in [2.75, 3.05) is 37.6 Å². The number of para-hydroxylation sites is 2. The van der Waals surface area contributed by atoms with Gasteiger partial charge in [0.1, 0.15) is 5.82 Å². The number of aromatic nitrogens is 1. The fourth-order valence-electron chi connectivity index (χ4n) is 5.23. The summed E-state index contributed by atoms with van der Waals surface area (Å²) in [5, 5.41) is 8.82. The third kappa shape index (κ3) is 5.74. The minimum Gasteiger partial charge on any atom is -0.367 e. The van der Waals surface area contributed by atoms with Crippen molar-refractivity contribution < 1.29 is 14.0 Å². The normalized spacial score (nSPS) is 15.8. The van der Waals surface area contributed by atoms with Crippen LogP contribution in [0.4, 0.5) is 10.1 Å². The molecule has 2 unspecified atom stereocenters. The highest BCUT2D eigenvalue weighted by molar-refractivity contribution is 7.10. The molecule has 2 aromatic carbocycles. The monoisotopic (exact) mass is 533 g/mol. The van der Waals surface area contributed by atoms with Gasteiger partial charge in [-0.2, -0.15) is 0 Å². The predicted molar refractivity (Wildman–Crippen MR) is 150 cm³/mol. The fraction of sp³-hybridized carbons (Fsp3) is 0.310. The highest BCUT2D eigenvalue weighted by atomic mass is 32.1. The molecule has 2 aromatic heterocycles. The van der Waals surface area contributed by atoms with Crippen LogP contribution in [0.25, 0.3) is 10.9 Å². The third-order valence-electron chi connectivity index (χ3n) is 7.13. The molecule has 1 aliphatic heterocycles. The van der Waals surface area contributed by atoms with Crippen LogP contribution < -0.4 is 15.5 Å². The van der Waals surface area contributed by atoms with Gasteiger partial charge < -0.3 is 20.5 Å². The van der Waals surface area contributed by atoms with Crippen LogP contribution in [0.15, 0.2) is 72.2 Å². The highest BCUT2D eigenvalue weighted by Gasteiger charge is 2.32. The summed E-state index contributed by atoms with van der Waals surface area (Å²) in [6.07, 6.45) is 2.57. The summed E-state index contributed by atoms with van der Waals surface area (Å²) in [4.78, 5) is 34.1. The molecule has 2 amide bonds. The van der Waals surface area contributed by atoms with Crippen LogP contribution in [0.3, 0.4) is 0 Å². The van der Waals surface area contributed by atoms with Crippen molar-refractivity contribution in [3.05, 3.63) is 88.5 Å². The molecule has 0 spiro atoms. The molecule has 0 radical (unpaired) electrons. The first-order valence-corrected chi connectivity index (χ1v) is 13.8. The molecule has 4 aromatic rings. The molecule has 198 valence electrons. The van der Waals surface area contributed by atoms with Gasteiger partial charge in [-0.1, -0.05) is 36.4 Å². The van der Waals surface area contributed by atoms with Gasteiger partial charge in [0.15, 0.2) is 0 Å². The smallest absolute Gasteiger partial charge is 0.309 e. The Balaban J connectivity index is 1.17. The van der Waals surface area contributed by atoms with E-state index < -0.39 is 11.8 Å². The van der Waals surface area contributed by atoms with Gasteiger partial charge in [0.25, 0.3) is 0 Å². The number of carbonyl (C=O) groups excluding carboxylic acids is 2. The molecule has 3 N–H and O–H groups in total. The molecule has 1 aliphatic rings. The van der Waals surface area contributed by atoms with Crippen LogP contribution in [0.2, 0.25) is 0 Å². The first-order valence-electron chi connectivity index (χ1n) is 12.9. The number of nitrogens with zero attached hydrogens (tertiary/aromatic N) is 2. The van der Waals surface area contributed by atoms with E-state index in [4.69, 9.17) is 0 Å². The highest BCUT2D eigenvalue weighted by Crippen LogP contribution is 2.30. The molecule has 9 heteroatoms. The molecule has 0 bridgehead atoms. The number of carbonyl (C=O) groups is 2. The van der Waals surface area contributed by atoms with Crippen LogP contribution in [-0.2, 0) is 16.0 Å². The van der Waals surface area contributed by atoms with Crippen LogP contribution in [0.5, 0.6) is 0 Å². The predicted octanol–water partition coefficient (Wildman–Crippen LogP) is 4.10. The molecular weight excluding hydrogens is 501 g/mol. The number of fused-ring (bicyclic) bond motifs is 1. The first kappa shape index (κ1) is 25.9. The average Bonchev–Trinajstić information content (AvgIpc) is 3.60. The second-order valence-corrected chi connectivity index (χ2v) is 10.5. The van der Waals surface area contributed by atoms with Crippen LogP contribution in [0, 0.1) is 5.82 Å². The van der Waals surface area contributed by atoms with Crippen molar-refractivity contribution in [3.8, 4) is 0 Å². The van der Waals surface area contributed by atoms with Gasteiger partial charge >= 0.3 is 11.8 Å². The zero-order valence-corrected chi connectivity index (χ0v) is 22.1. The largest absolute Gasteiger partial charge is 0.367 e. The van der Waals surface area contributed by atoms with Gasteiger partial charge in [0.05, 0.1) is 11.7 Å². The van der Waals surface area contributed by atoms with Crippen LogP contribution >= 0.6 is 11.3 Å². The van der Waals surface area contributed by atoms with E-state index in [0.29, 0.717) is 44.8 Å². The number of amides is 2. The number of aromatic amines is 1. The lowest BCUT2D eigenvalue weighted by Crippen LogP contribution is -2.54. The number of hydrogen-bond donors (Lipinski definition) is 3. The number of thiophene rings is 1. The van der Waals surface area contributed by atoms with Crippen molar-refractivity contribution >= 4 is 39.7 Å². The lowest BCUT2D eigenvalue weighted by molar-refractivity contribution is -0.139. The minimum absolute atomic E-state index is 0.0826. The van der Waals surface area contributed by atoms with E-state index in [9.17, 15) is 14.0 Å². The third-order valence-corrected chi connectivity index (χ3v) is 8.07. The number of anilines is 1. The van der Waals surface area contributed by atoms with Gasteiger partial charge in [-0.05, 0) is 48.6 Å². The lowest BCUT2D eigenvalue weighted by atomic mass is 10.0. The Labute approximate surface area is 225 Å². The molecule has 2 atom stereocenters. The fourth-order valence-corrected chi connectivity index (χ4v) is 6.20. The zero-order valence-electron chi connectivity index (χ0n) is 21.3. The minimum atomic E-state index is -0.636. The van der Waals surface area contributed by atoms with E-state index >= 15 is 0 Å². The van der Waals surface area contributed by atoms with Crippen LogP contribution in [-0.4, -0.2) is 60.5 Å². The Morgan fingerprint density at radius 3 is 2.53 bits per heavy atom. The van der Waals surface area contributed by atoms with Crippen molar-refractivity contribution in [1.29, 1.82) is 0 Å². The molecule has 0 saturated carbocycles. The van der Waals surface area contributed by atoms with E-state index in [1.54, 1.807) is 17.4 Å². The number of nitrogens with one attached hydrogen (secondary N) is 3. The van der Waals surface area contributed by atoms with E-state index in [0.717, 1.165) is 21.3 Å². The van der Waals surface area contributed by atoms with Crippen molar-refractivity contribution in [2.24, 2.45) is 0 Å². The average molecular weight is 534 g/mol. The van der Waals surface area contributed by atoms with E-state index in [1.165, 1.54) is 6.07 Å². The maximum absolute atomic E-state index is 14.3. The zero-order chi connectivity index (χ0) is 26.5. The number of halogens is 1. The maximum Gasteiger partial charge on any atom is 0.309 e. The van der Waals surface area contributed by atoms with Gasteiger partial charge in [-0.3, -0.25) is 14.5 Å². The molecule has 3 heterocycles. The van der Waals surface area contributed by atoms with Gasteiger partial charge in [-0.25, -0.2) is 4.39 Å². The Morgan fingerprint density at radius 1 is 1.00 bits per heavy atom. The summed E-state index contributed by atoms with van der Waals surface area (Å²) in [5.41, 5.74) is 2.77. The Hall–Kier alpha value is -3.69.